The van der Waals surface area contributed by atoms with Crippen molar-refractivity contribution in [3.63, 3.8) is 0 Å². The molecule has 2 saturated carbocycles. The molecule has 0 amide bonds. The van der Waals surface area contributed by atoms with Gasteiger partial charge in [0.2, 0.25) is 0 Å². The van der Waals surface area contributed by atoms with E-state index in [9.17, 15) is 0 Å². The minimum Gasteiger partial charge on any atom is -0.312 e. The Bertz CT molecular complexity index is 264. The number of nitrogens with one attached hydrogen (secondary N) is 1. The molecule has 2 nitrogen and oxygen atoms in total. The van der Waals surface area contributed by atoms with Crippen molar-refractivity contribution < 1.29 is 0 Å². The Hall–Kier alpha value is -0.0800. The summed E-state index contributed by atoms with van der Waals surface area (Å²) in [5.41, 5.74) is 0. The van der Waals surface area contributed by atoms with Gasteiger partial charge in [-0.25, -0.2) is 0 Å². The fourth-order valence-corrected chi connectivity index (χ4v) is 4.33. The van der Waals surface area contributed by atoms with E-state index in [2.05, 4.69) is 24.1 Å². The zero-order valence-corrected chi connectivity index (χ0v) is 12.2. The molecule has 0 bridgehead atoms. The van der Waals surface area contributed by atoms with Crippen molar-refractivity contribution >= 4 is 0 Å². The molecule has 3 atom stereocenters. The summed E-state index contributed by atoms with van der Waals surface area (Å²) in [5, 5.41) is 3.79. The van der Waals surface area contributed by atoms with E-state index in [1.54, 1.807) is 0 Å². The molecular weight excluding hydrogens is 220 g/mol. The van der Waals surface area contributed by atoms with Gasteiger partial charge in [-0.1, -0.05) is 13.8 Å². The Morgan fingerprint density at radius 2 is 1.72 bits per heavy atom. The summed E-state index contributed by atoms with van der Waals surface area (Å²) in [6.45, 7) is 8.82. The molecule has 1 heterocycles. The van der Waals surface area contributed by atoms with Gasteiger partial charge in [-0.15, -0.1) is 0 Å². The molecule has 2 aliphatic carbocycles. The van der Waals surface area contributed by atoms with Crippen molar-refractivity contribution in [1.29, 1.82) is 0 Å². The van der Waals surface area contributed by atoms with Gasteiger partial charge in [0.05, 0.1) is 0 Å². The van der Waals surface area contributed by atoms with Gasteiger partial charge >= 0.3 is 0 Å². The highest BCUT2D eigenvalue weighted by atomic mass is 15.2. The van der Waals surface area contributed by atoms with Crippen LogP contribution in [-0.2, 0) is 0 Å². The second-order valence-electron chi connectivity index (χ2n) is 7.32. The van der Waals surface area contributed by atoms with Crippen molar-refractivity contribution in [2.24, 2.45) is 17.8 Å². The van der Waals surface area contributed by atoms with Crippen molar-refractivity contribution in [2.75, 3.05) is 19.6 Å². The molecular formula is C16H30N2. The third-order valence-corrected chi connectivity index (χ3v) is 5.32. The van der Waals surface area contributed by atoms with Gasteiger partial charge < -0.3 is 5.32 Å². The molecule has 0 spiro atoms. The fourth-order valence-electron chi connectivity index (χ4n) is 4.33. The van der Waals surface area contributed by atoms with Crippen LogP contribution < -0.4 is 5.32 Å². The zero-order valence-electron chi connectivity index (χ0n) is 12.2. The molecule has 1 aliphatic heterocycles. The summed E-state index contributed by atoms with van der Waals surface area (Å²) in [6.07, 6.45) is 8.65. The highest BCUT2D eigenvalue weighted by molar-refractivity contribution is 4.92. The van der Waals surface area contributed by atoms with Gasteiger partial charge in [0.15, 0.2) is 0 Å². The number of rotatable bonds is 2. The van der Waals surface area contributed by atoms with Crippen LogP contribution in [0.25, 0.3) is 0 Å². The molecule has 0 aromatic rings. The molecule has 3 aliphatic rings. The van der Waals surface area contributed by atoms with Crippen LogP contribution in [0.3, 0.4) is 0 Å². The van der Waals surface area contributed by atoms with Crippen LogP contribution in [0.15, 0.2) is 0 Å². The summed E-state index contributed by atoms with van der Waals surface area (Å²) >= 11 is 0. The molecule has 3 fully saturated rings. The van der Waals surface area contributed by atoms with Gasteiger partial charge in [0.25, 0.3) is 0 Å². The van der Waals surface area contributed by atoms with Crippen LogP contribution in [0.5, 0.6) is 0 Å². The van der Waals surface area contributed by atoms with Crippen molar-refractivity contribution in [3.05, 3.63) is 0 Å². The largest absolute Gasteiger partial charge is 0.312 e. The lowest BCUT2D eigenvalue weighted by molar-refractivity contribution is 0.105. The van der Waals surface area contributed by atoms with E-state index in [0.717, 1.165) is 29.8 Å². The molecule has 2 heteroatoms. The van der Waals surface area contributed by atoms with Crippen LogP contribution in [0, 0.1) is 17.8 Å². The monoisotopic (exact) mass is 250 g/mol. The summed E-state index contributed by atoms with van der Waals surface area (Å²) in [4.78, 5) is 2.84. The topological polar surface area (TPSA) is 15.3 Å². The third kappa shape index (κ3) is 3.08. The lowest BCUT2D eigenvalue weighted by Crippen LogP contribution is -2.46. The first-order valence-electron chi connectivity index (χ1n) is 8.20. The van der Waals surface area contributed by atoms with E-state index < -0.39 is 0 Å². The molecule has 0 aromatic heterocycles. The first kappa shape index (κ1) is 12.9. The second kappa shape index (κ2) is 5.50. The summed E-state index contributed by atoms with van der Waals surface area (Å²) in [5.74, 6) is 2.88. The molecule has 3 rings (SSSR count). The van der Waals surface area contributed by atoms with Crippen molar-refractivity contribution in [3.8, 4) is 0 Å². The molecule has 0 aromatic carbocycles. The predicted molar refractivity (Wildman–Crippen MR) is 76.7 cm³/mol. The first-order valence-corrected chi connectivity index (χ1v) is 8.20. The van der Waals surface area contributed by atoms with Crippen molar-refractivity contribution in [1.82, 2.24) is 10.2 Å². The Morgan fingerprint density at radius 1 is 1.00 bits per heavy atom. The SMILES string of the molecule is CC1CC(C)CC(N2CCCNC(C3CC3)C2)C1. The van der Waals surface area contributed by atoms with E-state index in [1.165, 1.54) is 58.2 Å². The van der Waals surface area contributed by atoms with Crippen LogP contribution in [0.1, 0.15) is 52.4 Å². The van der Waals surface area contributed by atoms with Crippen LogP contribution >= 0.6 is 0 Å². The maximum Gasteiger partial charge on any atom is 0.0223 e. The lowest BCUT2D eigenvalue weighted by atomic mass is 9.79. The summed E-state index contributed by atoms with van der Waals surface area (Å²) < 4.78 is 0. The maximum absolute atomic E-state index is 3.79. The van der Waals surface area contributed by atoms with Gasteiger partial charge in [-0.3, -0.25) is 4.90 Å². The minimum atomic E-state index is 0.806. The van der Waals surface area contributed by atoms with E-state index in [0.29, 0.717) is 0 Å². The normalized spacial score (nSPS) is 43.7. The second-order valence-corrected chi connectivity index (χ2v) is 7.32. The van der Waals surface area contributed by atoms with Gasteiger partial charge in [-0.2, -0.15) is 0 Å². The Morgan fingerprint density at radius 3 is 2.39 bits per heavy atom. The van der Waals surface area contributed by atoms with E-state index >= 15 is 0 Å². The zero-order chi connectivity index (χ0) is 12.5. The molecule has 18 heavy (non-hydrogen) atoms. The number of hydrogen-bond donors (Lipinski definition) is 1. The highest BCUT2D eigenvalue weighted by Gasteiger charge is 2.36. The predicted octanol–water partition coefficient (Wildman–Crippen LogP) is 2.89. The van der Waals surface area contributed by atoms with E-state index in [-0.39, 0.29) is 0 Å². The molecule has 0 radical (unpaired) electrons. The summed E-state index contributed by atoms with van der Waals surface area (Å²) in [7, 11) is 0. The maximum atomic E-state index is 3.79. The Balaban J connectivity index is 1.61. The quantitative estimate of drug-likeness (QED) is 0.811. The fraction of sp³-hybridized carbons (Fsp3) is 1.00. The molecule has 3 unspecified atom stereocenters. The highest BCUT2D eigenvalue weighted by Crippen LogP contribution is 2.36. The van der Waals surface area contributed by atoms with Crippen LogP contribution in [-0.4, -0.2) is 36.6 Å². The Kier molecular flexibility index (Phi) is 3.95. The number of hydrogen-bond acceptors (Lipinski definition) is 2. The van der Waals surface area contributed by atoms with Gasteiger partial charge in [0, 0.05) is 18.6 Å². The smallest absolute Gasteiger partial charge is 0.0223 e. The van der Waals surface area contributed by atoms with Gasteiger partial charge in [-0.05, 0) is 69.4 Å². The third-order valence-electron chi connectivity index (χ3n) is 5.32. The van der Waals surface area contributed by atoms with E-state index in [1.807, 2.05) is 0 Å². The lowest BCUT2D eigenvalue weighted by Gasteiger charge is -2.39. The number of nitrogens with zero attached hydrogens (tertiary/aromatic N) is 1. The molecule has 1 N–H and O–H groups in total. The Labute approximate surface area is 113 Å². The average molecular weight is 250 g/mol. The summed E-state index contributed by atoms with van der Waals surface area (Å²) in [6, 6.07) is 1.69. The average Bonchev–Trinajstić information content (AvgIpc) is 3.14. The molecule has 1 saturated heterocycles. The van der Waals surface area contributed by atoms with Gasteiger partial charge in [0.1, 0.15) is 0 Å². The van der Waals surface area contributed by atoms with Crippen LogP contribution in [0.4, 0.5) is 0 Å². The van der Waals surface area contributed by atoms with E-state index in [4.69, 9.17) is 0 Å². The van der Waals surface area contributed by atoms with Crippen molar-refractivity contribution in [2.45, 2.75) is 64.5 Å². The molecule has 104 valence electrons. The minimum absolute atomic E-state index is 0.806. The first-order chi connectivity index (χ1) is 8.72. The standard InChI is InChI=1S/C16H30N2/c1-12-8-13(2)10-15(9-12)18-7-3-6-17-16(11-18)14-4-5-14/h12-17H,3-11H2,1-2H3. The van der Waals surface area contributed by atoms with Crippen LogP contribution in [0.2, 0.25) is 0 Å².